The molecule has 0 rings (SSSR count). The second-order valence-electron chi connectivity index (χ2n) is 1.14. The molecule has 0 aliphatic rings. The first-order chi connectivity index (χ1) is 3.92. The van der Waals surface area contributed by atoms with Gasteiger partial charge in [-0.3, -0.25) is 0 Å². The van der Waals surface area contributed by atoms with Crippen LogP contribution in [0.1, 0.15) is 0 Å². The smallest absolute Gasteiger partial charge is 0.403 e. The number of halogens is 4. The van der Waals surface area contributed by atoms with E-state index < -0.39 is 7.57 Å². The van der Waals surface area contributed by atoms with Crippen LogP contribution in [-0.2, 0) is 4.74 Å². The summed E-state index contributed by atoms with van der Waals surface area (Å²) in [5, 5.41) is 0. The molecule has 0 N–H and O–H groups in total. The Balaban J connectivity index is 3.39. The van der Waals surface area contributed by atoms with E-state index in [9.17, 15) is 4.79 Å². The van der Waals surface area contributed by atoms with E-state index in [1.165, 1.54) is 0 Å². The van der Waals surface area contributed by atoms with E-state index >= 15 is 0 Å². The van der Waals surface area contributed by atoms with Crippen molar-refractivity contribution >= 4 is 64.8 Å². The van der Waals surface area contributed by atoms with Crippen molar-refractivity contribution in [3.8, 4) is 0 Å². The van der Waals surface area contributed by atoms with E-state index in [0.717, 1.165) is 0 Å². The molecule has 54 valence electrons. The first kappa shape index (κ1) is 10.2. The Morgan fingerprint density at radius 2 is 2.00 bits per heavy atom. The average molecular weight is 345 g/mol. The summed E-state index contributed by atoms with van der Waals surface area (Å²) < 4.78 is 3.83. The number of alkyl halides is 3. The zero-order valence-corrected chi connectivity index (χ0v) is 9.55. The van der Waals surface area contributed by atoms with Gasteiger partial charge in [0.2, 0.25) is 0 Å². The largest absolute Gasteiger partial charge is 0.450 e. The second-order valence-corrected chi connectivity index (χ2v) is 8.70. The molecule has 0 heterocycles. The third-order valence-electron chi connectivity index (χ3n) is 0.349. The molecule has 0 aromatic carbocycles. The molecular weight excluding hydrogens is 343 g/mol. The third-order valence-corrected chi connectivity index (χ3v) is 1.15. The molecule has 0 aliphatic heterocycles. The summed E-state index contributed by atoms with van der Waals surface area (Å²) >= 11 is 14.2. The van der Waals surface area contributed by atoms with Gasteiger partial charge in [-0.05, 0) is 0 Å². The van der Waals surface area contributed by atoms with Crippen LogP contribution in [0.15, 0.2) is 0 Å². The molecule has 0 bridgehead atoms. The molecule has 0 fully saturated rings. The van der Waals surface area contributed by atoms with Crippen molar-refractivity contribution in [1.82, 2.24) is 0 Å². The summed E-state index contributed by atoms with van der Waals surface area (Å²) in [5.41, 5.74) is -0.822. The number of carbonyl (C=O) groups is 1. The molecule has 0 unspecified atom stereocenters. The zero-order chi connectivity index (χ0) is 7.49. The molecule has 2 nitrogen and oxygen atoms in total. The van der Waals surface area contributed by atoms with Crippen molar-refractivity contribution < 1.29 is 9.53 Å². The van der Waals surface area contributed by atoms with Gasteiger partial charge in [0.15, 0.2) is 2.14 Å². The van der Waals surface area contributed by atoms with Crippen molar-refractivity contribution in [1.29, 1.82) is 0 Å². The van der Waals surface area contributed by atoms with Crippen LogP contribution in [0.3, 0.4) is 0 Å². The van der Waals surface area contributed by atoms with E-state index in [-0.39, 0.29) is 6.61 Å². The molecule has 0 aromatic rings. The van der Waals surface area contributed by atoms with Gasteiger partial charge in [0, 0.05) is 11.6 Å². The maximum absolute atomic E-state index is 9.97. The van der Waals surface area contributed by atoms with Crippen molar-refractivity contribution in [2.24, 2.45) is 0 Å². The Morgan fingerprint density at radius 3 is 2.11 bits per heavy atom. The molecule has 0 spiro atoms. The van der Waals surface area contributed by atoms with Gasteiger partial charge in [-0.1, -0.05) is 47.8 Å². The Hall–Kier alpha value is 1.20. The first-order valence-electron chi connectivity index (χ1n) is 1.81. The standard InChI is InChI=1S/C3H2Br3ClO2/c4-3(5,6)1-9-2(7)8/h1H2. The maximum Gasteiger partial charge on any atom is 0.403 e. The van der Waals surface area contributed by atoms with Gasteiger partial charge in [-0.25, -0.2) is 4.79 Å². The van der Waals surface area contributed by atoms with Crippen LogP contribution in [0, 0.1) is 0 Å². The highest BCUT2D eigenvalue weighted by Crippen LogP contribution is 2.33. The number of hydrogen-bond donors (Lipinski definition) is 0. The van der Waals surface area contributed by atoms with E-state index in [4.69, 9.17) is 11.6 Å². The molecule has 0 saturated heterocycles. The van der Waals surface area contributed by atoms with Crippen molar-refractivity contribution in [2.45, 2.75) is 2.14 Å². The van der Waals surface area contributed by atoms with Gasteiger partial charge in [-0.2, -0.15) is 0 Å². The lowest BCUT2D eigenvalue weighted by Crippen LogP contribution is -2.11. The SMILES string of the molecule is O=C(Cl)OCC(Br)(Br)Br. The van der Waals surface area contributed by atoms with Gasteiger partial charge in [-0.15, -0.1) is 0 Å². The highest BCUT2D eigenvalue weighted by Gasteiger charge is 2.19. The van der Waals surface area contributed by atoms with Gasteiger partial charge >= 0.3 is 5.43 Å². The van der Waals surface area contributed by atoms with Crippen LogP contribution < -0.4 is 0 Å². The molecule has 0 saturated carbocycles. The minimum Gasteiger partial charge on any atom is -0.450 e. The van der Waals surface area contributed by atoms with E-state index in [1.54, 1.807) is 0 Å². The predicted molar refractivity (Wildman–Crippen MR) is 46.7 cm³/mol. The fourth-order valence-electron chi connectivity index (χ4n) is 0.139. The van der Waals surface area contributed by atoms with E-state index in [1.807, 2.05) is 0 Å². The van der Waals surface area contributed by atoms with Crippen LogP contribution in [-0.4, -0.2) is 14.2 Å². The molecule has 0 amide bonds. The lowest BCUT2D eigenvalue weighted by atomic mass is 10.9. The first-order valence-corrected chi connectivity index (χ1v) is 4.56. The average Bonchev–Trinajstić information content (AvgIpc) is 1.59. The molecule has 0 atom stereocenters. The number of hydrogen-bond acceptors (Lipinski definition) is 2. The van der Waals surface area contributed by atoms with Gasteiger partial charge in [0.25, 0.3) is 0 Å². The quantitative estimate of drug-likeness (QED) is 0.539. The van der Waals surface area contributed by atoms with Gasteiger partial charge in [0.05, 0.1) is 0 Å². The summed E-state index contributed by atoms with van der Waals surface area (Å²) in [6.07, 6.45) is 0. The normalized spacial score (nSPS) is 11.1. The summed E-state index contributed by atoms with van der Waals surface area (Å²) in [7, 11) is 0. The Kier molecular flexibility index (Phi) is 4.71. The summed E-state index contributed by atoms with van der Waals surface area (Å²) in [6.45, 7) is 0.120. The zero-order valence-electron chi connectivity index (χ0n) is 4.04. The summed E-state index contributed by atoms with van der Waals surface area (Å²) in [4.78, 5) is 9.97. The van der Waals surface area contributed by atoms with E-state index in [2.05, 4.69) is 52.5 Å². The number of rotatable bonds is 1. The van der Waals surface area contributed by atoms with Crippen LogP contribution >= 0.6 is 59.4 Å². The lowest BCUT2D eigenvalue weighted by Gasteiger charge is -2.09. The highest BCUT2D eigenvalue weighted by molar-refractivity contribution is 9.39. The summed E-state index contributed by atoms with van der Waals surface area (Å²) in [6, 6.07) is 0. The Morgan fingerprint density at radius 1 is 1.56 bits per heavy atom. The predicted octanol–water partition coefficient (Wildman–Crippen LogP) is 3.20. The maximum atomic E-state index is 9.97. The van der Waals surface area contributed by atoms with Crippen molar-refractivity contribution in [3.63, 3.8) is 0 Å². The lowest BCUT2D eigenvalue weighted by molar-refractivity contribution is 0.178. The third kappa shape index (κ3) is 9.20. The van der Waals surface area contributed by atoms with Gasteiger partial charge in [0.1, 0.15) is 6.61 Å². The minimum absolute atomic E-state index is 0.120. The van der Waals surface area contributed by atoms with Crippen molar-refractivity contribution in [3.05, 3.63) is 0 Å². The Bertz CT molecular complexity index is 110. The summed E-state index contributed by atoms with van der Waals surface area (Å²) in [5.74, 6) is 0. The van der Waals surface area contributed by atoms with Crippen LogP contribution in [0.2, 0.25) is 0 Å². The fourth-order valence-corrected chi connectivity index (χ4v) is 0.537. The monoisotopic (exact) mass is 342 g/mol. The Labute approximate surface area is 82.7 Å². The van der Waals surface area contributed by atoms with E-state index in [0.29, 0.717) is 0 Å². The molecule has 6 heteroatoms. The molecule has 0 aliphatic carbocycles. The van der Waals surface area contributed by atoms with Crippen LogP contribution in [0.25, 0.3) is 0 Å². The van der Waals surface area contributed by atoms with Crippen LogP contribution in [0.5, 0.6) is 0 Å². The van der Waals surface area contributed by atoms with Gasteiger partial charge < -0.3 is 4.74 Å². The molecular formula is C3H2Br3ClO2. The molecule has 0 radical (unpaired) electrons. The fraction of sp³-hybridized carbons (Fsp3) is 0.667. The van der Waals surface area contributed by atoms with Crippen LogP contribution in [0.4, 0.5) is 4.79 Å². The number of carbonyl (C=O) groups excluding carboxylic acids is 1. The minimum atomic E-state index is -0.822. The molecule has 9 heavy (non-hydrogen) atoms. The highest BCUT2D eigenvalue weighted by atomic mass is 80.0. The van der Waals surface area contributed by atoms with Crippen molar-refractivity contribution in [2.75, 3.05) is 6.61 Å². The molecule has 0 aromatic heterocycles. The number of ether oxygens (including phenoxy) is 1. The second kappa shape index (κ2) is 4.16. The topological polar surface area (TPSA) is 26.3 Å².